The van der Waals surface area contributed by atoms with Crippen LogP contribution in [0.4, 0.5) is 0 Å². The van der Waals surface area contributed by atoms with Crippen LogP contribution in [0.25, 0.3) is 0 Å². The van der Waals surface area contributed by atoms with Gasteiger partial charge < -0.3 is 9.80 Å². The Labute approximate surface area is 136 Å². The second-order valence-corrected chi connectivity index (χ2v) is 6.21. The number of carbonyl (C=O) groups is 2. The first-order valence-corrected chi connectivity index (χ1v) is 7.89. The summed E-state index contributed by atoms with van der Waals surface area (Å²) < 4.78 is 0. The highest BCUT2D eigenvalue weighted by atomic mass is 16.2. The van der Waals surface area contributed by atoms with Gasteiger partial charge in [-0.1, -0.05) is 6.08 Å². The van der Waals surface area contributed by atoms with Crippen molar-refractivity contribution in [1.29, 1.82) is 0 Å². The summed E-state index contributed by atoms with van der Waals surface area (Å²) >= 11 is 0. The number of rotatable bonds is 3. The number of hydrogen-bond donors (Lipinski definition) is 0. The average Bonchev–Trinajstić information content (AvgIpc) is 3.02. The highest BCUT2D eigenvalue weighted by molar-refractivity contribution is 5.96. The molecular weight excluding hydrogens is 292 g/mol. The molecule has 0 saturated carbocycles. The summed E-state index contributed by atoms with van der Waals surface area (Å²) in [6.45, 7) is 7.02. The number of aromatic nitrogens is 1. The maximum absolute atomic E-state index is 12.8. The number of likely N-dealkylation sites (N-methyl/N-ethyl adjacent to an activating group) is 1. The molecule has 6 nitrogen and oxygen atoms in total. The van der Waals surface area contributed by atoms with E-state index in [2.05, 4.69) is 16.5 Å². The summed E-state index contributed by atoms with van der Waals surface area (Å²) in [6, 6.07) is 3.42. The Bertz CT molecular complexity index is 618. The number of hydrogen-bond acceptors (Lipinski definition) is 4. The van der Waals surface area contributed by atoms with Gasteiger partial charge in [0.25, 0.3) is 5.91 Å². The second-order valence-electron chi connectivity index (χ2n) is 6.21. The fraction of sp³-hybridized carbons (Fsp3) is 0.471. The smallest absolute Gasteiger partial charge is 0.254 e. The third-order valence-electron chi connectivity index (χ3n) is 4.87. The minimum atomic E-state index is -0.607. The van der Waals surface area contributed by atoms with Crippen LogP contribution >= 0.6 is 0 Å². The van der Waals surface area contributed by atoms with Gasteiger partial charge >= 0.3 is 0 Å². The van der Waals surface area contributed by atoms with Gasteiger partial charge in [0.2, 0.25) is 5.91 Å². The summed E-state index contributed by atoms with van der Waals surface area (Å²) in [6.07, 6.45) is 5.72. The van der Waals surface area contributed by atoms with E-state index >= 15 is 0 Å². The maximum Gasteiger partial charge on any atom is 0.254 e. The fourth-order valence-corrected chi connectivity index (χ4v) is 3.58. The van der Waals surface area contributed by atoms with Gasteiger partial charge in [-0.25, -0.2) is 0 Å². The molecule has 1 spiro atoms. The van der Waals surface area contributed by atoms with E-state index in [1.165, 1.54) is 0 Å². The first kappa shape index (κ1) is 15.7. The van der Waals surface area contributed by atoms with Crippen molar-refractivity contribution in [2.45, 2.75) is 12.0 Å². The lowest BCUT2D eigenvalue weighted by atomic mass is 9.91. The Morgan fingerprint density at radius 3 is 2.78 bits per heavy atom. The lowest BCUT2D eigenvalue weighted by molar-refractivity contribution is -0.148. The summed E-state index contributed by atoms with van der Waals surface area (Å²) in [7, 11) is 1.84. The summed E-state index contributed by atoms with van der Waals surface area (Å²) in [4.78, 5) is 35.2. The van der Waals surface area contributed by atoms with Crippen molar-refractivity contribution in [3.63, 3.8) is 0 Å². The Morgan fingerprint density at radius 2 is 2.09 bits per heavy atom. The van der Waals surface area contributed by atoms with Gasteiger partial charge in [-0.15, -0.1) is 6.58 Å². The normalized spacial score (nSPS) is 25.2. The van der Waals surface area contributed by atoms with E-state index in [0.29, 0.717) is 38.2 Å². The van der Waals surface area contributed by atoms with Crippen LogP contribution in [-0.4, -0.2) is 76.8 Å². The SMILES string of the molecule is C=CCN1CCN(C)C(=O)[C@@]12CCN(C(=O)c1ccncc1)C2. The van der Waals surface area contributed by atoms with Crippen molar-refractivity contribution in [2.75, 3.05) is 39.8 Å². The summed E-state index contributed by atoms with van der Waals surface area (Å²) in [5, 5.41) is 0. The van der Waals surface area contributed by atoms with E-state index in [4.69, 9.17) is 0 Å². The first-order valence-electron chi connectivity index (χ1n) is 7.89. The molecule has 0 N–H and O–H groups in total. The van der Waals surface area contributed by atoms with E-state index in [1.807, 2.05) is 13.1 Å². The minimum Gasteiger partial charge on any atom is -0.343 e. The number of nitrogens with zero attached hydrogens (tertiary/aromatic N) is 4. The molecule has 0 aliphatic carbocycles. The molecule has 2 amide bonds. The van der Waals surface area contributed by atoms with Gasteiger partial charge in [0.05, 0.1) is 0 Å². The number of carbonyl (C=O) groups excluding carboxylic acids is 2. The zero-order chi connectivity index (χ0) is 16.4. The Kier molecular flexibility index (Phi) is 4.17. The summed E-state index contributed by atoms with van der Waals surface area (Å²) in [5.74, 6) is 0.0690. The van der Waals surface area contributed by atoms with Gasteiger partial charge in [-0.3, -0.25) is 19.5 Å². The molecule has 2 saturated heterocycles. The van der Waals surface area contributed by atoms with Crippen LogP contribution in [0.1, 0.15) is 16.8 Å². The molecule has 2 aliphatic heterocycles. The van der Waals surface area contributed by atoms with Crippen LogP contribution in [-0.2, 0) is 4.79 Å². The highest BCUT2D eigenvalue weighted by Crippen LogP contribution is 2.33. The molecule has 0 unspecified atom stereocenters. The molecule has 23 heavy (non-hydrogen) atoms. The van der Waals surface area contributed by atoms with Crippen molar-refractivity contribution in [3.05, 3.63) is 42.7 Å². The Hall–Kier alpha value is -2.21. The number of pyridine rings is 1. The molecule has 0 aromatic carbocycles. The highest BCUT2D eigenvalue weighted by Gasteiger charge is 2.53. The van der Waals surface area contributed by atoms with Gasteiger partial charge in [-0.05, 0) is 18.6 Å². The van der Waals surface area contributed by atoms with Gasteiger partial charge in [0, 0.05) is 57.7 Å². The van der Waals surface area contributed by atoms with E-state index in [9.17, 15) is 9.59 Å². The van der Waals surface area contributed by atoms with E-state index in [1.54, 1.807) is 34.3 Å². The third-order valence-corrected chi connectivity index (χ3v) is 4.87. The van der Waals surface area contributed by atoms with Crippen LogP contribution in [0.5, 0.6) is 0 Å². The average molecular weight is 314 g/mol. The monoisotopic (exact) mass is 314 g/mol. The van der Waals surface area contributed by atoms with E-state index in [-0.39, 0.29) is 11.8 Å². The first-order chi connectivity index (χ1) is 11.1. The molecule has 122 valence electrons. The van der Waals surface area contributed by atoms with Crippen molar-refractivity contribution >= 4 is 11.8 Å². The number of piperazine rings is 1. The van der Waals surface area contributed by atoms with Gasteiger partial charge in [0.1, 0.15) is 5.54 Å². The summed E-state index contributed by atoms with van der Waals surface area (Å²) in [5.41, 5.74) is 0.00749. The van der Waals surface area contributed by atoms with Crippen LogP contribution in [0.2, 0.25) is 0 Å². The van der Waals surface area contributed by atoms with Crippen molar-refractivity contribution in [1.82, 2.24) is 19.7 Å². The Morgan fingerprint density at radius 1 is 1.35 bits per heavy atom. The standard InChI is InChI=1S/C17H22N4O2/c1-3-9-21-12-11-19(2)16(23)17(21)6-10-20(13-17)15(22)14-4-7-18-8-5-14/h3-5,7-8H,1,6,9-13H2,2H3/t17-/m0/s1. The molecule has 1 aromatic heterocycles. The molecule has 1 aromatic rings. The van der Waals surface area contributed by atoms with Gasteiger partial charge in [0.15, 0.2) is 0 Å². The van der Waals surface area contributed by atoms with E-state index in [0.717, 1.165) is 6.54 Å². The quantitative estimate of drug-likeness (QED) is 0.768. The van der Waals surface area contributed by atoms with Crippen LogP contribution in [0, 0.1) is 0 Å². The molecule has 2 fully saturated rings. The number of likely N-dealkylation sites (tertiary alicyclic amines) is 1. The molecule has 3 heterocycles. The minimum absolute atomic E-state index is 0.0381. The topological polar surface area (TPSA) is 56.8 Å². The van der Waals surface area contributed by atoms with E-state index < -0.39 is 5.54 Å². The van der Waals surface area contributed by atoms with Crippen LogP contribution in [0.3, 0.4) is 0 Å². The predicted octanol–water partition coefficient (Wildman–Crippen LogP) is 0.626. The molecule has 1 atom stereocenters. The maximum atomic E-state index is 12.8. The second kappa shape index (κ2) is 6.12. The molecular formula is C17H22N4O2. The predicted molar refractivity (Wildman–Crippen MR) is 86.9 cm³/mol. The van der Waals surface area contributed by atoms with Crippen molar-refractivity contribution in [3.8, 4) is 0 Å². The third kappa shape index (κ3) is 2.63. The van der Waals surface area contributed by atoms with Gasteiger partial charge in [-0.2, -0.15) is 0 Å². The zero-order valence-electron chi connectivity index (χ0n) is 13.4. The number of amides is 2. The van der Waals surface area contributed by atoms with Crippen molar-refractivity contribution in [2.24, 2.45) is 0 Å². The van der Waals surface area contributed by atoms with Crippen LogP contribution in [0.15, 0.2) is 37.2 Å². The molecule has 3 rings (SSSR count). The Balaban J connectivity index is 1.84. The van der Waals surface area contributed by atoms with Crippen LogP contribution < -0.4 is 0 Å². The van der Waals surface area contributed by atoms with Crippen molar-refractivity contribution < 1.29 is 9.59 Å². The largest absolute Gasteiger partial charge is 0.343 e. The molecule has 2 aliphatic rings. The molecule has 6 heteroatoms. The zero-order valence-corrected chi connectivity index (χ0v) is 13.4. The molecule has 0 bridgehead atoms. The lowest BCUT2D eigenvalue weighted by Crippen LogP contribution is -2.66. The molecule has 0 radical (unpaired) electrons. The fourth-order valence-electron chi connectivity index (χ4n) is 3.58. The lowest BCUT2D eigenvalue weighted by Gasteiger charge is -2.46.